The Morgan fingerprint density at radius 1 is 0.941 bits per heavy atom. The van der Waals surface area contributed by atoms with Crippen LogP contribution in [0.5, 0.6) is 0 Å². The highest BCUT2D eigenvalue weighted by molar-refractivity contribution is 6.00. The predicted molar refractivity (Wildman–Crippen MR) is 139 cm³/mol. The molecule has 0 atom stereocenters. The van der Waals surface area contributed by atoms with Crippen LogP contribution in [-0.4, -0.2) is 44.3 Å². The Bertz CT molecular complexity index is 1460. The fourth-order valence-electron chi connectivity index (χ4n) is 4.95. The molecule has 5 aromatic rings. The number of fused-ring (bicyclic) bond motifs is 2. The van der Waals surface area contributed by atoms with Crippen molar-refractivity contribution in [3.63, 3.8) is 0 Å². The molecule has 172 valence electrons. The lowest BCUT2D eigenvalue weighted by Gasteiger charge is -2.29. The number of nitrogens with zero attached hydrogens (tertiary/aromatic N) is 4. The third-order valence-electron chi connectivity index (χ3n) is 6.53. The summed E-state index contributed by atoms with van der Waals surface area (Å²) in [5.74, 6) is 0. The van der Waals surface area contributed by atoms with Crippen LogP contribution in [0.2, 0.25) is 0 Å². The molecule has 1 aliphatic heterocycles. The van der Waals surface area contributed by atoms with E-state index in [1.54, 1.807) is 0 Å². The Balaban J connectivity index is 1.41. The maximum absolute atomic E-state index is 4.67. The van der Waals surface area contributed by atoms with Crippen molar-refractivity contribution in [1.82, 2.24) is 25.1 Å². The zero-order valence-electron chi connectivity index (χ0n) is 19.6. The topological polar surface area (TPSA) is 85.5 Å². The second kappa shape index (κ2) is 8.48. The van der Waals surface area contributed by atoms with Crippen molar-refractivity contribution in [3.8, 4) is 22.6 Å². The fraction of sp³-hybridized carbons (Fsp3) is 0.296. The van der Waals surface area contributed by atoms with E-state index in [0.29, 0.717) is 6.04 Å². The van der Waals surface area contributed by atoms with Crippen LogP contribution in [0.25, 0.3) is 44.5 Å². The molecule has 0 aliphatic carbocycles. The molecule has 4 aromatic heterocycles. The van der Waals surface area contributed by atoms with E-state index in [1.807, 2.05) is 18.6 Å². The summed E-state index contributed by atoms with van der Waals surface area (Å²) in [7, 11) is 0. The van der Waals surface area contributed by atoms with Crippen LogP contribution in [0.1, 0.15) is 33.1 Å². The number of benzene rings is 1. The molecule has 6 rings (SSSR count). The van der Waals surface area contributed by atoms with Crippen LogP contribution in [0.3, 0.4) is 0 Å². The Hall–Kier alpha value is -3.87. The molecular weight excluding hydrogens is 422 g/mol. The highest BCUT2D eigenvalue weighted by Gasteiger charge is 2.17. The van der Waals surface area contributed by atoms with E-state index in [0.717, 1.165) is 57.8 Å². The number of hydrogen-bond acceptors (Lipinski definition) is 5. The van der Waals surface area contributed by atoms with Gasteiger partial charge in [-0.15, -0.1) is 0 Å². The molecule has 1 aliphatic rings. The van der Waals surface area contributed by atoms with Crippen LogP contribution in [-0.2, 0) is 0 Å². The lowest BCUT2D eigenvalue weighted by Crippen LogP contribution is -2.29. The Morgan fingerprint density at radius 3 is 2.68 bits per heavy atom. The first-order valence-electron chi connectivity index (χ1n) is 12.1. The van der Waals surface area contributed by atoms with Gasteiger partial charge >= 0.3 is 0 Å². The number of anilines is 2. The highest BCUT2D eigenvalue weighted by atomic mass is 15.1. The van der Waals surface area contributed by atoms with Gasteiger partial charge in [0.1, 0.15) is 5.69 Å². The molecule has 0 amide bonds. The van der Waals surface area contributed by atoms with Gasteiger partial charge in [-0.3, -0.25) is 15.1 Å². The normalized spacial score (nSPS) is 14.4. The fourth-order valence-corrected chi connectivity index (χ4v) is 4.95. The second-order valence-corrected chi connectivity index (χ2v) is 9.42. The Labute approximate surface area is 198 Å². The smallest absolute Gasteiger partial charge is 0.116 e. The van der Waals surface area contributed by atoms with Gasteiger partial charge in [-0.1, -0.05) is 6.07 Å². The summed E-state index contributed by atoms with van der Waals surface area (Å²) >= 11 is 0. The summed E-state index contributed by atoms with van der Waals surface area (Å²) in [6, 6.07) is 13.3. The van der Waals surface area contributed by atoms with Gasteiger partial charge < -0.3 is 15.2 Å². The molecule has 5 heterocycles. The van der Waals surface area contributed by atoms with Crippen molar-refractivity contribution in [2.24, 2.45) is 0 Å². The number of piperidine rings is 1. The first-order chi connectivity index (χ1) is 16.7. The maximum atomic E-state index is 4.67. The van der Waals surface area contributed by atoms with E-state index in [-0.39, 0.29) is 0 Å². The zero-order chi connectivity index (χ0) is 23.1. The van der Waals surface area contributed by atoms with E-state index in [4.69, 9.17) is 0 Å². The molecule has 0 unspecified atom stereocenters. The van der Waals surface area contributed by atoms with Crippen molar-refractivity contribution < 1.29 is 0 Å². The summed E-state index contributed by atoms with van der Waals surface area (Å²) < 4.78 is 0. The Morgan fingerprint density at radius 2 is 1.82 bits per heavy atom. The predicted octanol–water partition coefficient (Wildman–Crippen LogP) is 5.98. The minimum absolute atomic E-state index is 0.338. The number of aromatic nitrogens is 5. The van der Waals surface area contributed by atoms with E-state index in [9.17, 15) is 0 Å². The van der Waals surface area contributed by atoms with Crippen LogP contribution < -0.4 is 10.2 Å². The number of aromatic amines is 2. The average molecular weight is 452 g/mol. The highest BCUT2D eigenvalue weighted by Crippen LogP contribution is 2.35. The van der Waals surface area contributed by atoms with E-state index in [2.05, 4.69) is 85.6 Å². The Kier molecular flexibility index (Phi) is 5.17. The molecular formula is C27H29N7. The summed E-state index contributed by atoms with van der Waals surface area (Å²) in [6.07, 6.45) is 9.40. The molecule has 1 fully saturated rings. The number of rotatable bonds is 5. The third kappa shape index (κ3) is 3.77. The van der Waals surface area contributed by atoms with Gasteiger partial charge in [0.05, 0.1) is 28.8 Å². The summed E-state index contributed by atoms with van der Waals surface area (Å²) in [5.41, 5.74) is 8.12. The van der Waals surface area contributed by atoms with Gasteiger partial charge in [0.2, 0.25) is 0 Å². The average Bonchev–Trinajstić information content (AvgIpc) is 3.48. The van der Waals surface area contributed by atoms with E-state index < -0.39 is 0 Å². The molecule has 7 heteroatoms. The quantitative estimate of drug-likeness (QED) is 0.306. The lowest BCUT2D eigenvalue weighted by atomic mass is 10.1. The lowest BCUT2D eigenvalue weighted by molar-refractivity contribution is 0.579. The van der Waals surface area contributed by atoms with Crippen LogP contribution in [0.15, 0.2) is 55.0 Å². The molecule has 1 saturated heterocycles. The van der Waals surface area contributed by atoms with Gasteiger partial charge in [0.25, 0.3) is 0 Å². The molecule has 1 aromatic carbocycles. The van der Waals surface area contributed by atoms with Crippen LogP contribution in [0, 0.1) is 0 Å². The van der Waals surface area contributed by atoms with Crippen LogP contribution >= 0.6 is 0 Å². The molecule has 34 heavy (non-hydrogen) atoms. The van der Waals surface area contributed by atoms with Gasteiger partial charge in [0, 0.05) is 59.1 Å². The first-order valence-corrected chi connectivity index (χ1v) is 12.1. The summed E-state index contributed by atoms with van der Waals surface area (Å²) in [6.45, 7) is 6.48. The molecule has 0 radical (unpaired) electrons. The molecule has 3 N–H and O–H groups in total. The summed E-state index contributed by atoms with van der Waals surface area (Å²) in [4.78, 5) is 15.2. The zero-order valence-corrected chi connectivity index (χ0v) is 19.6. The van der Waals surface area contributed by atoms with Gasteiger partial charge in [-0.05, 0) is 63.4 Å². The number of H-pyrrole nitrogens is 2. The maximum Gasteiger partial charge on any atom is 0.116 e. The molecule has 0 bridgehead atoms. The van der Waals surface area contributed by atoms with E-state index >= 15 is 0 Å². The SMILES string of the molecule is CC(C)Nc1cncc(-c2cc3c(-c4cc5c(N6CCCCC6)cccc5[nH]4)n[nH]c3cn2)c1. The number of pyridine rings is 2. The van der Waals surface area contributed by atoms with Crippen molar-refractivity contribution in [2.75, 3.05) is 23.3 Å². The van der Waals surface area contributed by atoms with E-state index in [1.165, 1.54) is 30.3 Å². The summed E-state index contributed by atoms with van der Waals surface area (Å²) in [5, 5.41) is 13.5. The number of hydrogen-bond donors (Lipinski definition) is 3. The molecule has 7 nitrogen and oxygen atoms in total. The van der Waals surface area contributed by atoms with Crippen molar-refractivity contribution in [2.45, 2.75) is 39.2 Å². The van der Waals surface area contributed by atoms with Crippen LogP contribution in [0.4, 0.5) is 11.4 Å². The molecule has 0 spiro atoms. The second-order valence-electron chi connectivity index (χ2n) is 9.42. The first kappa shape index (κ1) is 20.7. The van der Waals surface area contributed by atoms with Crippen molar-refractivity contribution in [3.05, 3.63) is 55.0 Å². The molecule has 0 saturated carbocycles. The third-order valence-corrected chi connectivity index (χ3v) is 6.53. The monoisotopic (exact) mass is 451 g/mol. The van der Waals surface area contributed by atoms with Crippen molar-refractivity contribution >= 4 is 33.2 Å². The van der Waals surface area contributed by atoms with Gasteiger partial charge in [-0.25, -0.2) is 0 Å². The minimum Gasteiger partial charge on any atom is -0.382 e. The number of nitrogens with one attached hydrogen (secondary N) is 3. The van der Waals surface area contributed by atoms with Gasteiger partial charge in [0.15, 0.2) is 0 Å². The van der Waals surface area contributed by atoms with Gasteiger partial charge in [-0.2, -0.15) is 5.10 Å². The largest absolute Gasteiger partial charge is 0.382 e. The minimum atomic E-state index is 0.338. The van der Waals surface area contributed by atoms with Crippen molar-refractivity contribution in [1.29, 1.82) is 0 Å². The standard InChI is InChI=1S/C27H29N7/c1-17(2)30-19-11-18(14-28-15-19)23-13-21-25(16-29-23)32-33-27(21)24-12-20-22(31-24)7-6-8-26(20)34-9-4-3-5-10-34/h6-8,11-17,30-31H,3-5,9-10H2,1-2H3,(H,32,33).